The monoisotopic (exact) mass is 298 g/mol. The summed E-state index contributed by atoms with van der Waals surface area (Å²) >= 11 is 1.56. The summed E-state index contributed by atoms with van der Waals surface area (Å²) in [5.41, 5.74) is 4.63. The van der Waals surface area contributed by atoms with Crippen LogP contribution in [0.15, 0.2) is 34.3 Å². The summed E-state index contributed by atoms with van der Waals surface area (Å²) in [4.78, 5) is 21.2. The summed E-state index contributed by atoms with van der Waals surface area (Å²) in [6.45, 7) is 7.68. The normalized spacial score (nSPS) is 11.6. The molecule has 0 radical (unpaired) electrons. The molecule has 0 unspecified atom stereocenters. The minimum absolute atomic E-state index is 0.190. The van der Waals surface area contributed by atoms with E-state index in [0.717, 1.165) is 15.4 Å². The molecule has 3 nitrogen and oxygen atoms in total. The molecule has 4 heteroatoms. The number of thiophene rings is 1. The van der Waals surface area contributed by atoms with E-state index in [2.05, 4.69) is 42.9 Å². The van der Waals surface area contributed by atoms with Gasteiger partial charge in [-0.25, -0.2) is 4.99 Å². The lowest BCUT2D eigenvalue weighted by atomic mass is 10.1. The summed E-state index contributed by atoms with van der Waals surface area (Å²) in [5, 5.41) is 0. The zero-order valence-electron chi connectivity index (χ0n) is 12.7. The fraction of sp³-hybridized carbons (Fsp3) is 0.235. The first-order chi connectivity index (χ1) is 9.95. The molecule has 0 saturated heterocycles. The molecule has 1 heterocycles. The molecular formula is C17H18N2OS. The molecule has 108 valence electrons. The van der Waals surface area contributed by atoms with Crippen molar-refractivity contribution in [1.82, 2.24) is 0 Å². The van der Waals surface area contributed by atoms with Gasteiger partial charge in [-0.05, 0) is 44.0 Å². The van der Waals surface area contributed by atoms with E-state index >= 15 is 0 Å². The van der Waals surface area contributed by atoms with Crippen LogP contribution in [0.25, 0.3) is 0 Å². The van der Waals surface area contributed by atoms with Crippen molar-refractivity contribution in [2.75, 3.05) is 0 Å². The van der Waals surface area contributed by atoms with Gasteiger partial charge in [-0.1, -0.05) is 17.7 Å². The van der Waals surface area contributed by atoms with Crippen molar-refractivity contribution in [3.8, 4) is 0 Å². The highest BCUT2D eigenvalue weighted by molar-refractivity contribution is 7.15. The minimum atomic E-state index is -0.190. The standard InChI is InChI=1S/C17H18N2OS/c1-11-7-12(2)17(13(3)8-11)19-10-16-6-5-15(21-16)9-18-14(4)20/h5-10H,1-4H3. The zero-order valence-corrected chi connectivity index (χ0v) is 13.5. The van der Waals surface area contributed by atoms with Gasteiger partial charge in [0, 0.05) is 29.1 Å². The first kappa shape index (κ1) is 15.3. The lowest BCUT2D eigenvalue weighted by Gasteiger charge is -2.05. The summed E-state index contributed by atoms with van der Waals surface area (Å²) < 4.78 is 0. The molecule has 1 aromatic heterocycles. The highest BCUT2D eigenvalue weighted by atomic mass is 32.1. The Balaban J connectivity index is 2.21. The number of carbonyl (C=O) groups is 1. The number of hydrogen-bond acceptors (Lipinski definition) is 3. The van der Waals surface area contributed by atoms with Crippen LogP contribution in [0.2, 0.25) is 0 Å². The van der Waals surface area contributed by atoms with E-state index in [1.807, 2.05) is 18.3 Å². The van der Waals surface area contributed by atoms with Crippen molar-refractivity contribution in [3.63, 3.8) is 0 Å². The van der Waals surface area contributed by atoms with Crippen LogP contribution < -0.4 is 0 Å². The lowest BCUT2D eigenvalue weighted by molar-refractivity contribution is -0.115. The van der Waals surface area contributed by atoms with Gasteiger partial charge in [0.15, 0.2) is 0 Å². The third-order valence-electron chi connectivity index (χ3n) is 2.98. The van der Waals surface area contributed by atoms with Crippen molar-refractivity contribution in [1.29, 1.82) is 0 Å². The Hall–Kier alpha value is -2.07. The van der Waals surface area contributed by atoms with Gasteiger partial charge in [0.1, 0.15) is 0 Å². The van der Waals surface area contributed by atoms with Crippen LogP contribution in [0.5, 0.6) is 0 Å². The molecule has 0 bridgehead atoms. The molecule has 1 aromatic carbocycles. The fourth-order valence-electron chi connectivity index (χ4n) is 2.17. The molecule has 0 N–H and O–H groups in total. The molecule has 2 aromatic rings. The number of carbonyl (C=O) groups excluding carboxylic acids is 1. The van der Waals surface area contributed by atoms with E-state index in [0.29, 0.717) is 0 Å². The second kappa shape index (κ2) is 6.59. The fourth-order valence-corrected chi connectivity index (χ4v) is 2.92. The van der Waals surface area contributed by atoms with E-state index < -0.39 is 0 Å². The Morgan fingerprint density at radius 1 is 1.05 bits per heavy atom. The second-order valence-corrected chi connectivity index (χ2v) is 6.17. The molecule has 1 amide bonds. The molecular weight excluding hydrogens is 280 g/mol. The molecule has 0 spiro atoms. The van der Waals surface area contributed by atoms with Crippen molar-refractivity contribution in [3.05, 3.63) is 50.7 Å². The van der Waals surface area contributed by atoms with Gasteiger partial charge < -0.3 is 0 Å². The predicted octanol–water partition coefficient (Wildman–Crippen LogP) is 4.39. The Morgan fingerprint density at radius 2 is 1.62 bits per heavy atom. The SMILES string of the molecule is CC(=O)N=Cc1ccc(C=Nc2c(C)cc(C)cc2C)s1. The predicted molar refractivity (Wildman–Crippen MR) is 90.5 cm³/mol. The highest BCUT2D eigenvalue weighted by Crippen LogP contribution is 2.25. The molecule has 21 heavy (non-hydrogen) atoms. The van der Waals surface area contributed by atoms with Crippen LogP contribution in [0.4, 0.5) is 5.69 Å². The Morgan fingerprint density at radius 3 is 2.19 bits per heavy atom. The average molecular weight is 298 g/mol. The second-order valence-electron chi connectivity index (χ2n) is 5.02. The third kappa shape index (κ3) is 4.20. The maximum absolute atomic E-state index is 10.8. The van der Waals surface area contributed by atoms with Crippen LogP contribution in [-0.2, 0) is 4.79 Å². The van der Waals surface area contributed by atoms with E-state index in [1.54, 1.807) is 17.6 Å². The van der Waals surface area contributed by atoms with E-state index in [4.69, 9.17) is 0 Å². The van der Waals surface area contributed by atoms with Crippen LogP contribution in [0.1, 0.15) is 33.4 Å². The molecule has 0 aliphatic carbocycles. The zero-order chi connectivity index (χ0) is 15.4. The maximum Gasteiger partial charge on any atom is 0.242 e. The van der Waals surface area contributed by atoms with Gasteiger partial charge in [0.2, 0.25) is 5.91 Å². The first-order valence-electron chi connectivity index (χ1n) is 6.72. The maximum atomic E-state index is 10.8. The lowest BCUT2D eigenvalue weighted by Crippen LogP contribution is -1.84. The Labute approximate surface area is 129 Å². The van der Waals surface area contributed by atoms with E-state index in [-0.39, 0.29) is 5.91 Å². The Kier molecular flexibility index (Phi) is 4.81. The molecule has 2 rings (SSSR count). The van der Waals surface area contributed by atoms with E-state index in [1.165, 1.54) is 23.6 Å². The summed E-state index contributed by atoms with van der Waals surface area (Å²) in [7, 11) is 0. The first-order valence-corrected chi connectivity index (χ1v) is 7.54. The van der Waals surface area contributed by atoms with Crippen molar-refractivity contribution < 1.29 is 4.79 Å². The summed E-state index contributed by atoms with van der Waals surface area (Å²) in [5.74, 6) is -0.190. The number of amides is 1. The average Bonchev–Trinajstić information content (AvgIpc) is 2.83. The van der Waals surface area contributed by atoms with Gasteiger partial charge in [0.05, 0.1) is 5.69 Å². The number of nitrogens with zero attached hydrogens (tertiary/aromatic N) is 2. The topological polar surface area (TPSA) is 41.8 Å². The number of benzene rings is 1. The van der Waals surface area contributed by atoms with E-state index in [9.17, 15) is 4.79 Å². The smallest absolute Gasteiger partial charge is 0.242 e. The molecule has 0 saturated carbocycles. The number of hydrogen-bond donors (Lipinski definition) is 0. The van der Waals surface area contributed by atoms with Gasteiger partial charge >= 0.3 is 0 Å². The highest BCUT2D eigenvalue weighted by Gasteiger charge is 2.02. The largest absolute Gasteiger partial charge is 0.273 e. The molecule has 0 aliphatic rings. The number of aryl methyl sites for hydroxylation is 3. The van der Waals surface area contributed by atoms with Gasteiger partial charge in [-0.2, -0.15) is 0 Å². The van der Waals surface area contributed by atoms with Crippen LogP contribution >= 0.6 is 11.3 Å². The minimum Gasteiger partial charge on any atom is -0.273 e. The van der Waals surface area contributed by atoms with Gasteiger partial charge in [0.25, 0.3) is 0 Å². The Bertz CT molecular complexity index is 703. The molecule has 0 aliphatic heterocycles. The third-order valence-corrected chi connectivity index (χ3v) is 3.93. The van der Waals surface area contributed by atoms with Crippen molar-refractivity contribution >= 4 is 35.4 Å². The van der Waals surface area contributed by atoms with Gasteiger partial charge in [-0.15, -0.1) is 11.3 Å². The summed E-state index contributed by atoms with van der Waals surface area (Å²) in [6.07, 6.45) is 3.45. The molecule has 0 fully saturated rings. The summed E-state index contributed by atoms with van der Waals surface area (Å²) in [6, 6.07) is 8.19. The number of rotatable bonds is 3. The van der Waals surface area contributed by atoms with Gasteiger partial charge in [-0.3, -0.25) is 9.79 Å². The van der Waals surface area contributed by atoms with Crippen LogP contribution in [0.3, 0.4) is 0 Å². The van der Waals surface area contributed by atoms with Crippen molar-refractivity contribution in [2.24, 2.45) is 9.98 Å². The van der Waals surface area contributed by atoms with Crippen LogP contribution in [0, 0.1) is 20.8 Å². The van der Waals surface area contributed by atoms with Crippen LogP contribution in [-0.4, -0.2) is 18.3 Å². The van der Waals surface area contributed by atoms with Crippen molar-refractivity contribution in [2.45, 2.75) is 27.7 Å². The quantitative estimate of drug-likeness (QED) is 0.775. The molecule has 0 atom stereocenters. The number of aliphatic imine (C=N–C) groups is 2.